The fourth-order valence-corrected chi connectivity index (χ4v) is 4.28. The Kier molecular flexibility index (Phi) is 10.8. The Hall–Kier alpha value is -4.25. The minimum atomic E-state index is -0.615. The number of hydrogen-bond donors (Lipinski definition) is 5. The molecule has 40 heavy (non-hydrogen) atoms. The van der Waals surface area contributed by atoms with Crippen molar-refractivity contribution in [2.24, 2.45) is 0 Å². The molecule has 214 valence electrons. The van der Waals surface area contributed by atoms with E-state index in [4.69, 9.17) is 5.73 Å². The summed E-state index contributed by atoms with van der Waals surface area (Å²) < 4.78 is 14.9. The van der Waals surface area contributed by atoms with Crippen LogP contribution in [0, 0.1) is 5.82 Å². The number of pyridine rings is 2. The molecule has 3 aromatic rings. The fraction of sp³-hybridized carbons (Fsp3) is 0.379. The summed E-state index contributed by atoms with van der Waals surface area (Å²) in [4.78, 5) is 36.1. The zero-order chi connectivity index (χ0) is 29.2. The van der Waals surface area contributed by atoms with Crippen LogP contribution in [0.15, 0.2) is 48.7 Å². The van der Waals surface area contributed by atoms with Gasteiger partial charge in [-0.15, -0.1) is 0 Å². The topological polar surface area (TPSA) is 137 Å². The third-order valence-corrected chi connectivity index (χ3v) is 6.28. The van der Waals surface area contributed by atoms with Gasteiger partial charge in [-0.1, -0.05) is 12.1 Å². The second-order valence-corrected chi connectivity index (χ2v) is 9.90. The Labute approximate surface area is 235 Å². The smallest absolute Gasteiger partial charge is 0.319 e. The molecule has 0 spiro atoms. The molecule has 0 atom stereocenters. The number of aromatic nitrogens is 2. The van der Waals surface area contributed by atoms with Crippen molar-refractivity contribution >= 4 is 29.3 Å². The summed E-state index contributed by atoms with van der Waals surface area (Å²) in [6.07, 6.45) is 1.56. The van der Waals surface area contributed by atoms with Crippen molar-refractivity contribution in [2.75, 3.05) is 36.0 Å². The minimum Gasteiger partial charge on any atom is -0.384 e. The molecule has 0 fully saturated rings. The normalized spacial score (nSPS) is 11.1. The molecule has 6 N–H and O–H groups in total. The van der Waals surface area contributed by atoms with Gasteiger partial charge in [-0.25, -0.2) is 19.2 Å². The predicted molar refractivity (Wildman–Crippen MR) is 158 cm³/mol. The number of halogens is 1. The van der Waals surface area contributed by atoms with Gasteiger partial charge in [-0.2, -0.15) is 0 Å². The predicted octanol–water partition coefficient (Wildman–Crippen LogP) is 4.47. The Bertz CT molecular complexity index is 1290. The third-order valence-electron chi connectivity index (χ3n) is 6.28. The van der Waals surface area contributed by atoms with Crippen molar-refractivity contribution < 1.29 is 14.0 Å². The number of benzene rings is 1. The number of carbonyl (C=O) groups excluding carboxylic acids is 2. The number of nitrogens with zero attached hydrogens (tertiary/aromatic N) is 3. The van der Waals surface area contributed by atoms with Crippen LogP contribution in [0.25, 0.3) is 11.3 Å². The first-order valence-corrected chi connectivity index (χ1v) is 13.4. The van der Waals surface area contributed by atoms with Crippen LogP contribution < -0.4 is 27.0 Å². The SMILES string of the molecule is CCNc1nc(-c2ccc(NC(=O)NCc3ccc(N)nc3)c(F)c2)ccc1C(=O)NCCN(C(C)C)C(C)C. The number of hydrogen-bond acceptors (Lipinski definition) is 7. The molecule has 0 unspecified atom stereocenters. The number of carbonyl (C=O) groups is 2. The van der Waals surface area contributed by atoms with Crippen LogP contribution in [0.2, 0.25) is 0 Å². The summed E-state index contributed by atoms with van der Waals surface area (Å²) in [5.41, 5.74) is 7.76. The van der Waals surface area contributed by atoms with Crippen LogP contribution in [0.1, 0.15) is 50.5 Å². The van der Waals surface area contributed by atoms with Gasteiger partial charge in [0.2, 0.25) is 0 Å². The highest BCUT2D eigenvalue weighted by Gasteiger charge is 2.17. The van der Waals surface area contributed by atoms with E-state index in [1.807, 2.05) is 6.92 Å². The van der Waals surface area contributed by atoms with Gasteiger partial charge in [-0.3, -0.25) is 9.69 Å². The first-order valence-electron chi connectivity index (χ1n) is 13.4. The maximum Gasteiger partial charge on any atom is 0.319 e. The number of nitrogens with two attached hydrogens (primary N) is 1. The van der Waals surface area contributed by atoms with Gasteiger partial charge in [0.05, 0.1) is 16.9 Å². The van der Waals surface area contributed by atoms with Gasteiger partial charge in [0.25, 0.3) is 5.91 Å². The van der Waals surface area contributed by atoms with Gasteiger partial charge < -0.3 is 27.0 Å². The molecule has 0 saturated heterocycles. The maximum absolute atomic E-state index is 14.9. The molecular formula is C29H39FN8O2. The Balaban J connectivity index is 1.66. The third kappa shape index (κ3) is 8.37. The van der Waals surface area contributed by atoms with Crippen molar-refractivity contribution in [1.29, 1.82) is 0 Å². The standard InChI is InChI=1S/C29H39FN8O2/c1-6-32-27-22(28(39)33-13-14-38(18(2)3)19(4)5)9-11-24(36-27)21-8-10-25(23(30)15-21)37-29(40)35-17-20-7-12-26(31)34-16-20/h7-12,15-16,18-19H,6,13-14,17H2,1-5H3,(H2,31,34)(H,32,36)(H,33,39)(H2,35,37,40). The lowest BCUT2D eigenvalue weighted by atomic mass is 10.1. The Morgan fingerprint density at radius 1 is 1.02 bits per heavy atom. The van der Waals surface area contributed by atoms with Gasteiger partial charge in [-0.05, 0) is 70.5 Å². The molecule has 3 rings (SSSR count). The molecule has 0 saturated carbocycles. The van der Waals surface area contributed by atoms with Crippen molar-refractivity contribution in [3.8, 4) is 11.3 Å². The highest BCUT2D eigenvalue weighted by atomic mass is 19.1. The summed E-state index contributed by atoms with van der Waals surface area (Å²) in [5, 5.41) is 11.3. The Morgan fingerprint density at radius 2 is 1.77 bits per heavy atom. The van der Waals surface area contributed by atoms with Gasteiger partial charge in [0, 0.05) is 50.0 Å². The molecule has 2 aromatic heterocycles. The zero-order valence-corrected chi connectivity index (χ0v) is 23.7. The van der Waals surface area contributed by atoms with Crippen LogP contribution in [0.5, 0.6) is 0 Å². The molecule has 0 aliphatic carbocycles. The molecule has 0 aliphatic heterocycles. The molecule has 0 radical (unpaired) electrons. The molecule has 2 heterocycles. The van der Waals surface area contributed by atoms with E-state index in [1.165, 1.54) is 12.1 Å². The van der Waals surface area contributed by atoms with E-state index in [0.717, 1.165) is 12.1 Å². The van der Waals surface area contributed by atoms with Gasteiger partial charge in [0.1, 0.15) is 17.5 Å². The Morgan fingerprint density at radius 3 is 2.40 bits per heavy atom. The maximum atomic E-state index is 14.9. The lowest BCUT2D eigenvalue weighted by Gasteiger charge is -2.30. The number of urea groups is 1. The molecular weight excluding hydrogens is 511 g/mol. The van der Waals surface area contributed by atoms with Crippen molar-refractivity contribution in [3.05, 3.63) is 65.6 Å². The van der Waals surface area contributed by atoms with E-state index in [9.17, 15) is 14.0 Å². The van der Waals surface area contributed by atoms with Crippen molar-refractivity contribution in [1.82, 2.24) is 25.5 Å². The summed E-state index contributed by atoms with van der Waals surface area (Å²) in [5.74, 6) is -0.0407. The lowest BCUT2D eigenvalue weighted by Crippen LogP contribution is -2.42. The first-order chi connectivity index (χ1) is 19.1. The summed E-state index contributed by atoms with van der Waals surface area (Å²) in [6, 6.07) is 11.4. The second kappa shape index (κ2) is 14.2. The highest BCUT2D eigenvalue weighted by Crippen LogP contribution is 2.26. The van der Waals surface area contributed by atoms with Gasteiger partial charge >= 0.3 is 6.03 Å². The number of anilines is 3. The van der Waals surface area contributed by atoms with E-state index >= 15 is 0 Å². The zero-order valence-electron chi connectivity index (χ0n) is 23.7. The van der Waals surface area contributed by atoms with Crippen LogP contribution in [0.3, 0.4) is 0 Å². The number of rotatable bonds is 12. The van der Waals surface area contributed by atoms with E-state index < -0.39 is 11.8 Å². The van der Waals surface area contributed by atoms with Crippen LogP contribution in [-0.4, -0.2) is 58.5 Å². The van der Waals surface area contributed by atoms with Crippen LogP contribution in [-0.2, 0) is 6.54 Å². The van der Waals surface area contributed by atoms with Gasteiger partial charge in [0.15, 0.2) is 0 Å². The van der Waals surface area contributed by atoms with Crippen molar-refractivity contribution in [2.45, 2.75) is 53.2 Å². The molecule has 0 aliphatic rings. The minimum absolute atomic E-state index is 0.0245. The van der Waals surface area contributed by atoms with Crippen LogP contribution in [0.4, 0.5) is 26.5 Å². The first kappa shape index (κ1) is 30.3. The molecule has 3 amide bonds. The molecule has 0 bridgehead atoms. The summed E-state index contributed by atoms with van der Waals surface area (Å²) in [7, 11) is 0. The molecule has 10 nitrogen and oxygen atoms in total. The largest absolute Gasteiger partial charge is 0.384 e. The lowest BCUT2D eigenvalue weighted by molar-refractivity contribution is 0.0940. The fourth-order valence-electron chi connectivity index (χ4n) is 4.28. The highest BCUT2D eigenvalue weighted by molar-refractivity contribution is 5.99. The number of nitrogens with one attached hydrogen (secondary N) is 4. The average molecular weight is 551 g/mol. The monoisotopic (exact) mass is 550 g/mol. The number of amides is 3. The van der Waals surface area contributed by atoms with E-state index in [0.29, 0.717) is 53.6 Å². The van der Waals surface area contributed by atoms with E-state index in [2.05, 4.69) is 63.8 Å². The molecule has 11 heteroatoms. The number of nitrogen functional groups attached to an aromatic ring is 1. The van der Waals surface area contributed by atoms with E-state index in [1.54, 1.807) is 36.5 Å². The van der Waals surface area contributed by atoms with Crippen LogP contribution >= 0.6 is 0 Å². The summed E-state index contributed by atoms with van der Waals surface area (Å²) in [6.45, 7) is 12.5. The quantitative estimate of drug-likeness (QED) is 0.224. The van der Waals surface area contributed by atoms with E-state index in [-0.39, 0.29) is 18.1 Å². The van der Waals surface area contributed by atoms with Crippen molar-refractivity contribution in [3.63, 3.8) is 0 Å². The molecule has 1 aromatic carbocycles. The second-order valence-electron chi connectivity index (χ2n) is 9.90. The summed E-state index contributed by atoms with van der Waals surface area (Å²) >= 11 is 0. The average Bonchev–Trinajstić information content (AvgIpc) is 2.91.